The third-order valence-corrected chi connectivity index (χ3v) is 4.16. The summed E-state index contributed by atoms with van der Waals surface area (Å²) in [5.41, 5.74) is 0.703. The number of morpholine rings is 1. The molecule has 9 heteroatoms. The minimum absolute atomic E-state index is 0.0856. The molecule has 1 aromatic heterocycles. The molecule has 132 valence electrons. The Balaban J connectivity index is 1.88. The molecule has 1 saturated heterocycles. The van der Waals surface area contributed by atoms with Crippen molar-refractivity contribution in [1.29, 1.82) is 0 Å². The highest BCUT2D eigenvalue weighted by Gasteiger charge is 2.29. The number of anilines is 1. The van der Waals surface area contributed by atoms with Crippen molar-refractivity contribution in [2.75, 3.05) is 24.6 Å². The quantitative estimate of drug-likeness (QED) is 0.501. The number of ketones is 1. The van der Waals surface area contributed by atoms with Crippen LogP contribution in [0.3, 0.4) is 0 Å². The summed E-state index contributed by atoms with van der Waals surface area (Å²) in [6.07, 6.45) is 0.374. The Morgan fingerprint density at radius 1 is 1.52 bits per heavy atom. The topological polar surface area (TPSA) is 114 Å². The van der Waals surface area contributed by atoms with Crippen molar-refractivity contribution in [3.05, 3.63) is 45.5 Å². The van der Waals surface area contributed by atoms with Gasteiger partial charge < -0.3 is 9.64 Å². The zero-order valence-corrected chi connectivity index (χ0v) is 14.1. The third kappa shape index (κ3) is 3.50. The molecule has 3 rings (SSSR count). The van der Waals surface area contributed by atoms with E-state index in [1.54, 1.807) is 12.1 Å². The number of carbonyl (C=O) groups is 1. The highest BCUT2D eigenvalue weighted by Crippen LogP contribution is 2.32. The van der Waals surface area contributed by atoms with Crippen LogP contribution in [0.25, 0.3) is 0 Å². The number of aryl methyl sites for hydroxylation is 1. The lowest BCUT2D eigenvalue weighted by Crippen LogP contribution is -2.39. The van der Waals surface area contributed by atoms with Crippen LogP contribution in [0.5, 0.6) is 0 Å². The Morgan fingerprint density at radius 2 is 2.32 bits per heavy atom. The van der Waals surface area contributed by atoms with Gasteiger partial charge in [-0.15, -0.1) is 0 Å². The number of rotatable bonds is 5. The summed E-state index contributed by atoms with van der Waals surface area (Å²) in [5.74, 6) is 1.11. The fraction of sp³-hybridized carbons (Fsp3) is 0.438. The number of aromatic amines is 1. The van der Waals surface area contributed by atoms with E-state index in [9.17, 15) is 14.9 Å². The minimum atomic E-state index is -0.464. The first kappa shape index (κ1) is 17.0. The van der Waals surface area contributed by atoms with Crippen LogP contribution in [0.4, 0.5) is 11.4 Å². The van der Waals surface area contributed by atoms with Gasteiger partial charge in [-0.25, -0.2) is 4.98 Å². The molecule has 1 N–H and O–H groups in total. The summed E-state index contributed by atoms with van der Waals surface area (Å²) in [6, 6.07) is 4.55. The number of hydrogen-bond donors (Lipinski definition) is 1. The standard InChI is InChI=1S/C16H19N5O4/c1-3-15-17-16(19-18-15)14-9-20(6-7-25-14)12-5-4-11(10(2)22)8-13(12)21(23)24/h4-5,8,14H,3,6-7,9H2,1-2H3,(H,17,18,19). The molecule has 0 radical (unpaired) electrons. The lowest BCUT2D eigenvalue weighted by molar-refractivity contribution is -0.384. The summed E-state index contributed by atoms with van der Waals surface area (Å²) < 4.78 is 5.73. The molecule has 1 fully saturated rings. The number of nitrogens with one attached hydrogen (secondary N) is 1. The molecule has 0 aliphatic carbocycles. The predicted octanol–water partition coefficient (Wildman–Crippen LogP) is 2.06. The lowest BCUT2D eigenvalue weighted by atomic mass is 10.1. The first-order valence-electron chi connectivity index (χ1n) is 8.06. The lowest BCUT2D eigenvalue weighted by Gasteiger charge is -2.33. The van der Waals surface area contributed by atoms with Crippen LogP contribution in [-0.2, 0) is 11.2 Å². The van der Waals surface area contributed by atoms with E-state index in [-0.39, 0.29) is 17.6 Å². The SMILES string of the molecule is CCc1nc(C2CN(c3ccc(C(C)=O)cc3[N+](=O)[O-])CCO2)n[nH]1. The van der Waals surface area contributed by atoms with Gasteiger partial charge in [0, 0.05) is 24.6 Å². The van der Waals surface area contributed by atoms with Gasteiger partial charge in [0.05, 0.1) is 18.1 Å². The smallest absolute Gasteiger partial charge is 0.293 e. The molecule has 1 unspecified atom stereocenters. The number of benzene rings is 1. The van der Waals surface area contributed by atoms with Crippen LogP contribution in [0.1, 0.15) is 42.0 Å². The number of carbonyl (C=O) groups excluding carboxylic acids is 1. The van der Waals surface area contributed by atoms with Gasteiger partial charge in [-0.1, -0.05) is 6.92 Å². The van der Waals surface area contributed by atoms with Gasteiger partial charge in [0.25, 0.3) is 5.69 Å². The van der Waals surface area contributed by atoms with Crippen molar-refractivity contribution in [3.8, 4) is 0 Å². The van der Waals surface area contributed by atoms with E-state index in [1.165, 1.54) is 13.0 Å². The zero-order valence-electron chi connectivity index (χ0n) is 14.1. The number of nitro benzene ring substituents is 1. The summed E-state index contributed by atoms with van der Waals surface area (Å²) in [7, 11) is 0. The van der Waals surface area contributed by atoms with Crippen LogP contribution in [-0.4, -0.2) is 45.6 Å². The van der Waals surface area contributed by atoms with Crippen molar-refractivity contribution < 1.29 is 14.5 Å². The maximum Gasteiger partial charge on any atom is 0.293 e. The molecular formula is C16H19N5O4. The van der Waals surface area contributed by atoms with Crippen LogP contribution in [0.15, 0.2) is 18.2 Å². The summed E-state index contributed by atoms with van der Waals surface area (Å²) in [5, 5.41) is 18.5. The van der Waals surface area contributed by atoms with Crippen molar-refractivity contribution in [2.45, 2.75) is 26.4 Å². The molecule has 1 aliphatic rings. The number of nitrogens with zero attached hydrogens (tertiary/aromatic N) is 4. The highest BCUT2D eigenvalue weighted by atomic mass is 16.6. The first-order valence-corrected chi connectivity index (χ1v) is 8.06. The Bertz CT molecular complexity index is 804. The molecule has 1 atom stereocenters. The van der Waals surface area contributed by atoms with Gasteiger partial charge in [-0.3, -0.25) is 20.0 Å². The monoisotopic (exact) mass is 345 g/mol. The van der Waals surface area contributed by atoms with Gasteiger partial charge in [0.2, 0.25) is 0 Å². The maximum atomic E-state index is 11.5. The number of Topliss-reactive ketones (excluding diaryl/α,β-unsaturated/α-hetero) is 1. The van der Waals surface area contributed by atoms with E-state index >= 15 is 0 Å². The fourth-order valence-corrected chi connectivity index (χ4v) is 2.79. The molecule has 0 saturated carbocycles. The van der Waals surface area contributed by atoms with Crippen LogP contribution < -0.4 is 4.90 Å². The fourth-order valence-electron chi connectivity index (χ4n) is 2.79. The third-order valence-electron chi connectivity index (χ3n) is 4.16. The second-order valence-electron chi connectivity index (χ2n) is 5.82. The Labute approximate surface area is 144 Å². The maximum absolute atomic E-state index is 11.5. The van der Waals surface area contributed by atoms with Crippen LogP contribution in [0, 0.1) is 10.1 Å². The van der Waals surface area contributed by atoms with E-state index < -0.39 is 4.92 Å². The number of aromatic nitrogens is 3. The second-order valence-corrected chi connectivity index (χ2v) is 5.82. The molecule has 0 amide bonds. The number of H-pyrrole nitrogens is 1. The van der Waals surface area contributed by atoms with E-state index in [4.69, 9.17) is 4.74 Å². The minimum Gasteiger partial charge on any atom is -0.366 e. The van der Waals surface area contributed by atoms with Crippen molar-refractivity contribution >= 4 is 17.2 Å². The van der Waals surface area contributed by atoms with Crippen molar-refractivity contribution in [1.82, 2.24) is 15.2 Å². The van der Waals surface area contributed by atoms with Gasteiger partial charge in [-0.2, -0.15) is 5.10 Å². The normalized spacial score (nSPS) is 17.5. The van der Waals surface area contributed by atoms with E-state index in [0.29, 0.717) is 36.8 Å². The second kappa shape index (κ2) is 6.98. The number of hydrogen-bond acceptors (Lipinski definition) is 7. The molecule has 9 nitrogen and oxygen atoms in total. The van der Waals surface area contributed by atoms with Crippen LogP contribution in [0.2, 0.25) is 0 Å². The zero-order chi connectivity index (χ0) is 18.0. The molecule has 1 aromatic carbocycles. The van der Waals surface area contributed by atoms with Gasteiger partial charge in [0.1, 0.15) is 17.6 Å². The molecule has 2 heterocycles. The number of nitro groups is 1. The first-order chi connectivity index (χ1) is 12.0. The van der Waals surface area contributed by atoms with Gasteiger partial charge >= 0.3 is 0 Å². The Kier molecular flexibility index (Phi) is 4.75. The Hall–Kier alpha value is -2.81. The Morgan fingerprint density at radius 3 is 2.96 bits per heavy atom. The largest absolute Gasteiger partial charge is 0.366 e. The predicted molar refractivity (Wildman–Crippen MR) is 89.8 cm³/mol. The van der Waals surface area contributed by atoms with E-state index in [1.807, 2.05) is 11.8 Å². The molecule has 0 spiro atoms. The van der Waals surface area contributed by atoms with Crippen molar-refractivity contribution in [3.63, 3.8) is 0 Å². The molecule has 1 aliphatic heterocycles. The summed E-state index contributed by atoms with van der Waals surface area (Å²) >= 11 is 0. The van der Waals surface area contributed by atoms with E-state index in [0.717, 1.165) is 12.2 Å². The average molecular weight is 345 g/mol. The molecular weight excluding hydrogens is 326 g/mol. The summed E-state index contributed by atoms with van der Waals surface area (Å²) in [4.78, 5) is 28.7. The highest BCUT2D eigenvalue weighted by molar-refractivity contribution is 5.95. The molecule has 2 aromatic rings. The van der Waals surface area contributed by atoms with Crippen molar-refractivity contribution in [2.24, 2.45) is 0 Å². The van der Waals surface area contributed by atoms with E-state index in [2.05, 4.69) is 15.2 Å². The number of ether oxygens (including phenoxy) is 1. The summed E-state index contributed by atoms with van der Waals surface area (Å²) in [6.45, 7) is 4.69. The molecule has 25 heavy (non-hydrogen) atoms. The van der Waals surface area contributed by atoms with Gasteiger partial charge in [-0.05, 0) is 19.1 Å². The van der Waals surface area contributed by atoms with Gasteiger partial charge in [0.15, 0.2) is 11.6 Å². The molecule has 0 bridgehead atoms. The average Bonchev–Trinajstić information content (AvgIpc) is 3.10. The van der Waals surface area contributed by atoms with Crippen LogP contribution >= 0.6 is 0 Å².